The van der Waals surface area contributed by atoms with Crippen molar-refractivity contribution in [3.63, 3.8) is 0 Å². The van der Waals surface area contributed by atoms with E-state index in [0.717, 1.165) is 13.0 Å². The van der Waals surface area contributed by atoms with Crippen LogP contribution in [0.15, 0.2) is 24.3 Å². The molecule has 1 aromatic rings. The zero-order valence-electron chi connectivity index (χ0n) is 14.2. The van der Waals surface area contributed by atoms with Crippen LogP contribution in [0.25, 0.3) is 5.57 Å². The zero-order valence-corrected chi connectivity index (χ0v) is 15.1. The van der Waals surface area contributed by atoms with Gasteiger partial charge < -0.3 is 13.8 Å². The number of alkyl halides is 2. The molecule has 0 aliphatic rings. The second kappa shape index (κ2) is 8.01. The van der Waals surface area contributed by atoms with Gasteiger partial charge in [0.05, 0.1) is 0 Å². The third kappa shape index (κ3) is 4.97. The van der Waals surface area contributed by atoms with Gasteiger partial charge in [0, 0.05) is 26.7 Å². The Bertz CT molecular complexity index is 659. The highest BCUT2D eigenvalue weighted by Gasteiger charge is 2.38. The second-order valence-corrected chi connectivity index (χ2v) is 7.62. The molecule has 0 amide bonds. The first-order valence-corrected chi connectivity index (χ1v) is 8.67. The third-order valence-corrected chi connectivity index (χ3v) is 5.44. The summed E-state index contributed by atoms with van der Waals surface area (Å²) in [6.45, 7) is 4.18. The number of benzene rings is 1. The van der Waals surface area contributed by atoms with E-state index >= 15 is 0 Å². The summed E-state index contributed by atoms with van der Waals surface area (Å²) in [5.74, 6) is -4.26. The van der Waals surface area contributed by atoms with Crippen molar-refractivity contribution in [2.75, 3.05) is 14.2 Å². The minimum atomic E-state index is -3.77. The number of aryl methyl sites for hydroxylation is 1. The predicted molar refractivity (Wildman–Crippen MR) is 87.0 cm³/mol. The lowest BCUT2D eigenvalue weighted by Crippen LogP contribution is -2.10. The van der Waals surface area contributed by atoms with Gasteiger partial charge in [0.25, 0.3) is 12.4 Å². The summed E-state index contributed by atoms with van der Waals surface area (Å²) in [6, 6.07) is 4.84. The quantitative estimate of drug-likeness (QED) is 0.495. The SMILES string of the molecule is COP(=O)(OC)C(OC=O)c1cc(/C(C)=C/C(C)(F)F)ccc1C. The molecule has 1 rings (SSSR count). The standard InChI is InChI=1S/C16H21F2O5P/c1-11-6-7-13(12(2)9-16(3,17)18)8-14(11)15(23-10-19)24(20,21-4)22-5/h6-10,15H,1-5H3/b12-9+. The van der Waals surface area contributed by atoms with Crippen molar-refractivity contribution in [1.82, 2.24) is 0 Å². The summed E-state index contributed by atoms with van der Waals surface area (Å²) >= 11 is 0. The topological polar surface area (TPSA) is 61.8 Å². The summed E-state index contributed by atoms with van der Waals surface area (Å²) in [5.41, 5.74) is 1.82. The van der Waals surface area contributed by atoms with Crippen molar-refractivity contribution >= 4 is 19.6 Å². The lowest BCUT2D eigenvalue weighted by molar-refractivity contribution is -0.131. The summed E-state index contributed by atoms with van der Waals surface area (Å²) < 4.78 is 53.8. The molecule has 134 valence electrons. The Kier molecular flexibility index (Phi) is 6.84. The van der Waals surface area contributed by atoms with Gasteiger partial charge in [-0.25, -0.2) is 8.78 Å². The molecule has 24 heavy (non-hydrogen) atoms. The average Bonchev–Trinajstić information content (AvgIpc) is 2.51. The fraction of sp³-hybridized carbons (Fsp3) is 0.438. The summed E-state index contributed by atoms with van der Waals surface area (Å²) in [6.07, 6.45) is 0.823. The van der Waals surface area contributed by atoms with Crippen molar-refractivity contribution in [2.24, 2.45) is 0 Å². The van der Waals surface area contributed by atoms with Crippen molar-refractivity contribution in [3.05, 3.63) is 41.0 Å². The lowest BCUT2D eigenvalue weighted by atomic mass is 10.00. The monoisotopic (exact) mass is 362 g/mol. The van der Waals surface area contributed by atoms with Gasteiger partial charge in [0.2, 0.25) is 5.85 Å². The van der Waals surface area contributed by atoms with E-state index in [1.807, 2.05) is 0 Å². The number of halogens is 2. The van der Waals surface area contributed by atoms with E-state index in [1.165, 1.54) is 27.2 Å². The molecule has 0 fully saturated rings. The smallest absolute Gasteiger partial charge is 0.375 e. The largest absolute Gasteiger partial charge is 0.447 e. The van der Waals surface area contributed by atoms with Crippen LogP contribution in [0.3, 0.4) is 0 Å². The molecule has 0 heterocycles. The summed E-state index contributed by atoms with van der Waals surface area (Å²) in [4.78, 5) is 10.8. The molecule has 1 atom stereocenters. The molecule has 0 aromatic heterocycles. The van der Waals surface area contributed by atoms with Gasteiger partial charge in [-0.1, -0.05) is 12.1 Å². The summed E-state index contributed by atoms with van der Waals surface area (Å²) in [5, 5.41) is 0. The maximum atomic E-state index is 13.2. The van der Waals surface area contributed by atoms with Crippen LogP contribution in [0.1, 0.15) is 36.4 Å². The Hall–Kier alpha value is -1.56. The molecule has 0 aliphatic heterocycles. The molecular formula is C16H21F2O5P. The van der Waals surface area contributed by atoms with Crippen LogP contribution in [0, 0.1) is 6.92 Å². The number of ether oxygens (including phenoxy) is 1. The van der Waals surface area contributed by atoms with Crippen LogP contribution in [0.2, 0.25) is 0 Å². The Balaban J connectivity index is 3.46. The first kappa shape index (κ1) is 20.5. The fourth-order valence-corrected chi connectivity index (χ4v) is 3.60. The highest BCUT2D eigenvalue weighted by Crippen LogP contribution is 2.60. The first-order valence-electron chi connectivity index (χ1n) is 7.06. The van der Waals surface area contributed by atoms with Crippen molar-refractivity contribution in [3.8, 4) is 0 Å². The Morgan fingerprint density at radius 1 is 1.29 bits per heavy atom. The lowest BCUT2D eigenvalue weighted by Gasteiger charge is -2.24. The van der Waals surface area contributed by atoms with E-state index in [1.54, 1.807) is 19.1 Å². The highest BCUT2D eigenvalue weighted by molar-refractivity contribution is 7.54. The molecule has 0 saturated heterocycles. The van der Waals surface area contributed by atoms with Crippen LogP contribution in [0.4, 0.5) is 8.78 Å². The number of hydrogen-bond acceptors (Lipinski definition) is 5. The minimum Gasteiger partial charge on any atom is -0.447 e. The molecule has 0 aliphatic carbocycles. The molecule has 0 N–H and O–H groups in total. The maximum Gasteiger partial charge on any atom is 0.375 e. The van der Waals surface area contributed by atoms with E-state index in [0.29, 0.717) is 22.3 Å². The summed E-state index contributed by atoms with van der Waals surface area (Å²) in [7, 11) is -1.42. The molecular weight excluding hydrogens is 341 g/mol. The number of carbonyl (C=O) groups is 1. The predicted octanol–water partition coefficient (Wildman–Crippen LogP) is 4.71. The van der Waals surface area contributed by atoms with E-state index < -0.39 is 19.4 Å². The highest BCUT2D eigenvalue weighted by atomic mass is 31.2. The van der Waals surface area contributed by atoms with Crippen molar-refractivity contribution in [2.45, 2.75) is 32.5 Å². The number of rotatable bonds is 8. The Morgan fingerprint density at radius 3 is 2.33 bits per heavy atom. The van der Waals surface area contributed by atoms with E-state index in [4.69, 9.17) is 13.8 Å². The van der Waals surface area contributed by atoms with Crippen LogP contribution < -0.4 is 0 Å². The minimum absolute atomic E-state index is 0.143. The second-order valence-electron chi connectivity index (χ2n) is 5.34. The van der Waals surface area contributed by atoms with Gasteiger partial charge in [-0.2, -0.15) is 0 Å². The molecule has 0 spiro atoms. The fourth-order valence-electron chi connectivity index (χ4n) is 2.25. The van der Waals surface area contributed by atoms with E-state index in [9.17, 15) is 18.1 Å². The van der Waals surface area contributed by atoms with Gasteiger partial charge in [-0.3, -0.25) is 9.36 Å². The normalized spacial score (nSPS) is 14.4. The third-order valence-electron chi connectivity index (χ3n) is 3.45. The van der Waals surface area contributed by atoms with Crippen LogP contribution in [-0.2, 0) is 23.1 Å². The van der Waals surface area contributed by atoms with Gasteiger partial charge in [0.15, 0.2) is 0 Å². The van der Waals surface area contributed by atoms with Crippen LogP contribution in [0.5, 0.6) is 0 Å². The number of hydrogen-bond donors (Lipinski definition) is 0. The number of allylic oxidation sites excluding steroid dienone is 2. The molecule has 8 heteroatoms. The molecule has 1 unspecified atom stereocenters. The van der Waals surface area contributed by atoms with Crippen molar-refractivity contribution in [1.29, 1.82) is 0 Å². The molecule has 0 saturated carbocycles. The van der Waals surface area contributed by atoms with Gasteiger partial charge in [-0.05, 0) is 42.7 Å². The first-order chi connectivity index (χ1) is 11.1. The van der Waals surface area contributed by atoms with Crippen LogP contribution in [-0.4, -0.2) is 26.6 Å². The van der Waals surface area contributed by atoms with Gasteiger partial charge in [-0.15, -0.1) is 0 Å². The van der Waals surface area contributed by atoms with Crippen LogP contribution >= 0.6 is 7.60 Å². The maximum absolute atomic E-state index is 13.2. The molecule has 1 aromatic carbocycles. The number of carbonyl (C=O) groups excluding carboxylic acids is 1. The van der Waals surface area contributed by atoms with E-state index in [2.05, 4.69) is 0 Å². The van der Waals surface area contributed by atoms with Gasteiger partial charge >= 0.3 is 7.60 Å². The Morgan fingerprint density at radius 2 is 1.88 bits per heavy atom. The van der Waals surface area contributed by atoms with Crippen molar-refractivity contribution < 1.29 is 31.9 Å². The zero-order chi connectivity index (χ0) is 18.5. The molecule has 0 radical (unpaired) electrons. The van der Waals surface area contributed by atoms with Gasteiger partial charge in [0.1, 0.15) is 0 Å². The van der Waals surface area contributed by atoms with E-state index in [-0.39, 0.29) is 6.47 Å². The molecule has 5 nitrogen and oxygen atoms in total. The Labute approximate surface area is 140 Å². The average molecular weight is 362 g/mol. The molecule has 0 bridgehead atoms.